The van der Waals surface area contributed by atoms with Gasteiger partial charge in [-0.3, -0.25) is 4.98 Å². The van der Waals surface area contributed by atoms with Crippen LogP contribution >= 0.6 is 0 Å². The molecule has 18 heavy (non-hydrogen) atoms. The van der Waals surface area contributed by atoms with E-state index < -0.39 is 12.8 Å². The van der Waals surface area contributed by atoms with Crippen LogP contribution in [0.25, 0.3) is 10.8 Å². The number of anilines is 1. The van der Waals surface area contributed by atoms with E-state index in [0.29, 0.717) is 22.2 Å². The molecule has 96 valence electrons. The average molecular weight is 256 g/mol. The molecule has 3 nitrogen and oxygen atoms in total. The number of rotatable bonds is 2. The molecule has 0 aliphatic heterocycles. The van der Waals surface area contributed by atoms with Crippen LogP contribution in [0.3, 0.4) is 0 Å². The predicted octanol–water partition coefficient (Wildman–Crippen LogP) is 3.07. The predicted molar refractivity (Wildman–Crippen MR) is 62.4 cm³/mol. The highest BCUT2D eigenvalue weighted by molar-refractivity contribution is 5.96. The number of fused-ring (bicyclic) bond motifs is 1. The van der Waals surface area contributed by atoms with Crippen LogP contribution in [0.15, 0.2) is 24.4 Å². The summed E-state index contributed by atoms with van der Waals surface area (Å²) < 4.78 is 41.2. The standard InChI is InChI=1S/C12H11F3N2O/c1-7-4-8-9(5-17-7)10(16)2-3-11(8)18-6-12(13,14)15/h2-5H,6,16H2,1H3. The monoisotopic (exact) mass is 256 g/mol. The second kappa shape index (κ2) is 4.36. The van der Waals surface area contributed by atoms with Gasteiger partial charge < -0.3 is 10.5 Å². The summed E-state index contributed by atoms with van der Waals surface area (Å²) in [5.74, 6) is 0.155. The Hall–Kier alpha value is -1.98. The first-order valence-corrected chi connectivity index (χ1v) is 5.21. The molecule has 0 aliphatic carbocycles. The minimum atomic E-state index is -4.37. The lowest BCUT2D eigenvalue weighted by atomic mass is 10.1. The summed E-state index contributed by atoms with van der Waals surface area (Å²) in [6.07, 6.45) is -2.84. The number of aryl methyl sites for hydroxylation is 1. The number of hydrogen-bond acceptors (Lipinski definition) is 3. The number of alkyl halides is 3. The van der Waals surface area contributed by atoms with Crippen molar-refractivity contribution >= 4 is 16.5 Å². The molecule has 1 heterocycles. The third-order valence-electron chi connectivity index (χ3n) is 2.42. The van der Waals surface area contributed by atoms with Crippen molar-refractivity contribution in [2.24, 2.45) is 0 Å². The lowest BCUT2D eigenvalue weighted by molar-refractivity contribution is -0.153. The van der Waals surface area contributed by atoms with Crippen molar-refractivity contribution in [3.63, 3.8) is 0 Å². The summed E-state index contributed by atoms with van der Waals surface area (Å²) in [5, 5.41) is 1.12. The molecule has 0 saturated carbocycles. The molecule has 0 spiro atoms. The molecule has 2 rings (SSSR count). The number of benzene rings is 1. The maximum absolute atomic E-state index is 12.1. The topological polar surface area (TPSA) is 48.1 Å². The Labute approximate surface area is 101 Å². The fraction of sp³-hybridized carbons (Fsp3) is 0.250. The van der Waals surface area contributed by atoms with Gasteiger partial charge in [0, 0.05) is 28.4 Å². The largest absolute Gasteiger partial charge is 0.483 e. The van der Waals surface area contributed by atoms with E-state index in [4.69, 9.17) is 10.5 Å². The van der Waals surface area contributed by atoms with Crippen LogP contribution in [-0.4, -0.2) is 17.8 Å². The zero-order chi connectivity index (χ0) is 13.3. The molecule has 2 aromatic rings. The summed E-state index contributed by atoms with van der Waals surface area (Å²) in [6, 6.07) is 4.59. The molecule has 0 fully saturated rings. The van der Waals surface area contributed by atoms with Crippen LogP contribution in [-0.2, 0) is 0 Å². The van der Waals surface area contributed by atoms with Crippen molar-refractivity contribution in [2.45, 2.75) is 13.1 Å². The molecule has 0 amide bonds. The molecule has 2 N–H and O–H groups in total. The van der Waals surface area contributed by atoms with Gasteiger partial charge in [-0.15, -0.1) is 0 Å². The van der Waals surface area contributed by atoms with E-state index in [1.54, 1.807) is 13.0 Å². The molecule has 1 aromatic carbocycles. The number of nitrogens with zero attached hydrogens (tertiary/aromatic N) is 1. The van der Waals surface area contributed by atoms with Crippen LogP contribution in [0.2, 0.25) is 0 Å². The zero-order valence-corrected chi connectivity index (χ0v) is 9.58. The Balaban J connectivity index is 2.44. The molecule has 0 saturated heterocycles. The Kier molecular flexibility index (Phi) is 3.02. The first kappa shape index (κ1) is 12.5. The van der Waals surface area contributed by atoms with Crippen LogP contribution in [0.4, 0.5) is 18.9 Å². The minimum absolute atomic E-state index is 0.155. The number of ether oxygens (including phenoxy) is 1. The number of halogens is 3. The van der Waals surface area contributed by atoms with Crippen molar-refractivity contribution < 1.29 is 17.9 Å². The Morgan fingerprint density at radius 1 is 1.28 bits per heavy atom. The van der Waals surface area contributed by atoms with Crippen LogP contribution < -0.4 is 10.5 Å². The van der Waals surface area contributed by atoms with Gasteiger partial charge in [0.2, 0.25) is 0 Å². The van der Waals surface area contributed by atoms with Crippen molar-refractivity contribution in [3.8, 4) is 5.75 Å². The Morgan fingerprint density at radius 3 is 2.67 bits per heavy atom. The first-order chi connectivity index (χ1) is 8.37. The highest BCUT2D eigenvalue weighted by Crippen LogP contribution is 2.31. The second-order valence-corrected chi connectivity index (χ2v) is 3.93. The fourth-order valence-corrected chi connectivity index (χ4v) is 1.62. The number of nitrogens with two attached hydrogens (primary N) is 1. The van der Waals surface area contributed by atoms with Gasteiger partial charge >= 0.3 is 6.18 Å². The number of aromatic nitrogens is 1. The van der Waals surface area contributed by atoms with Crippen molar-refractivity contribution in [1.82, 2.24) is 4.98 Å². The van der Waals surface area contributed by atoms with E-state index in [2.05, 4.69) is 4.98 Å². The van der Waals surface area contributed by atoms with E-state index >= 15 is 0 Å². The minimum Gasteiger partial charge on any atom is -0.483 e. The van der Waals surface area contributed by atoms with Crippen molar-refractivity contribution in [2.75, 3.05) is 12.3 Å². The van der Waals surface area contributed by atoms with Gasteiger partial charge in [-0.25, -0.2) is 0 Å². The Morgan fingerprint density at radius 2 is 2.00 bits per heavy atom. The number of pyridine rings is 1. The van der Waals surface area contributed by atoms with E-state index in [1.165, 1.54) is 18.3 Å². The highest BCUT2D eigenvalue weighted by atomic mass is 19.4. The normalized spacial score (nSPS) is 11.8. The van der Waals surface area contributed by atoms with Crippen LogP contribution in [0.5, 0.6) is 5.75 Å². The summed E-state index contributed by atoms with van der Waals surface area (Å²) in [6.45, 7) is 0.420. The molecular weight excluding hydrogens is 245 g/mol. The van der Waals surface area contributed by atoms with E-state index in [-0.39, 0.29) is 5.75 Å². The summed E-state index contributed by atoms with van der Waals surface area (Å²) in [7, 11) is 0. The smallest absolute Gasteiger partial charge is 0.422 e. The van der Waals surface area contributed by atoms with Crippen molar-refractivity contribution in [3.05, 3.63) is 30.1 Å². The Bertz CT molecular complexity index is 581. The van der Waals surface area contributed by atoms with E-state index in [0.717, 1.165) is 0 Å². The molecular formula is C12H11F3N2O. The molecule has 1 aromatic heterocycles. The summed E-state index contributed by atoms with van der Waals surface area (Å²) in [5.41, 5.74) is 6.88. The molecule has 0 radical (unpaired) electrons. The van der Waals surface area contributed by atoms with Gasteiger partial charge in [0.15, 0.2) is 6.61 Å². The van der Waals surface area contributed by atoms with Gasteiger partial charge in [0.25, 0.3) is 0 Å². The fourth-order valence-electron chi connectivity index (χ4n) is 1.62. The lowest BCUT2D eigenvalue weighted by Crippen LogP contribution is -2.19. The molecule has 6 heteroatoms. The maximum Gasteiger partial charge on any atom is 0.422 e. The average Bonchev–Trinajstić information content (AvgIpc) is 2.27. The van der Waals surface area contributed by atoms with Crippen molar-refractivity contribution in [1.29, 1.82) is 0 Å². The van der Waals surface area contributed by atoms with Gasteiger partial charge in [-0.05, 0) is 25.1 Å². The lowest BCUT2D eigenvalue weighted by Gasteiger charge is -2.12. The SMILES string of the molecule is Cc1cc2c(OCC(F)(F)F)ccc(N)c2cn1. The van der Waals surface area contributed by atoms with Gasteiger partial charge in [0.1, 0.15) is 5.75 Å². The third kappa shape index (κ3) is 2.64. The molecule has 0 atom stereocenters. The van der Waals surface area contributed by atoms with E-state index in [1.807, 2.05) is 0 Å². The maximum atomic E-state index is 12.1. The van der Waals surface area contributed by atoms with Crippen LogP contribution in [0, 0.1) is 6.92 Å². The van der Waals surface area contributed by atoms with Gasteiger partial charge in [0.05, 0.1) is 0 Å². The summed E-state index contributed by atoms with van der Waals surface area (Å²) >= 11 is 0. The molecule has 0 aliphatic rings. The van der Waals surface area contributed by atoms with Crippen LogP contribution in [0.1, 0.15) is 5.69 Å². The third-order valence-corrected chi connectivity index (χ3v) is 2.42. The van der Waals surface area contributed by atoms with Gasteiger partial charge in [-0.1, -0.05) is 0 Å². The quantitative estimate of drug-likeness (QED) is 0.840. The molecule has 0 unspecified atom stereocenters. The first-order valence-electron chi connectivity index (χ1n) is 5.21. The zero-order valence-electron chi connectivity index (χ0n) is 9.58. The number of nitrogen functional groups attached to an aromatic ring is 1. The summed E-state index contributed by atoms with van der Waals surface area (Å²) in [4.78, 5) is 4.06. The van der Waals surface area contributed by atoms with Gasteiger partial charge in [-0.2, -0.15) is 13.2 Å². The van der Waals surface area contributed by atoms with E-state index in [9.17, 15) is 13.2 Å². The number of hydrogen-bond donors (Lipinski definition) is 1. The second-order valence-electron chi connectivity index (χ2n) is 3.93. The molecule has 0 bridgehead atoms. The highest BCUT2D eigenvalue weighted by Gasteiger charge is 2.28.